The van der Waals surface area contributed by atoms with Crippen LogP contribution in [0.25, 0.3) is 0 Å². The van der Waals surface area contributed by atoms with E-state index in [-0.39, 0.29) is 36.2 Å². The van der Waals surface area contributed by atoms with Crippen molar-refractivity contribution < 1.29 is 14.6 Å². The average molecular weight is 226 g/mol. The summed E-state index contributed by atoms with van der Waals surface area (Å²) in [6.45, 7) is 7.91. The van der Waals surface area contributed by atoms with Crippen molar-refractivity contribution in [3.63, 3.8) is 0 Å². The van der Waals surface area contributed by atoms with Crippen molar-refractivity contribution >= 4 is 5.78 Å². The van der Waals surface area contributed by atoms with Gasteiger partial charge in [0.25, 0.3) is 0 Å². The molecule has 1 aliphatic rings. The highest BCUT2D eigenvalue weighted by atomic mass is 16.5. The van der Waals surface area contributed by atoms with Crippen LogP contribution in [0.4, 0.5) is 0 Å². The molecular weight excluding hydrogens is 204 g/mol. The van der Waals surface area contributed by atoms with Crippen LogP contribution in [-0.4, -0.2) is 23.6 Å². The van der Waals surface area contributed by atoms with E-state index in [1.54, 1.807) is 6.26 Å². The van der Waals surface area contributed by atoms with E-state index in [4.69, 9.17) is 4.74 Å². The Hall–Kier alpha value is -0.830. The summed E-state index contributed by atoms with van der Waals surface area (Å²) in [5, 5.41) is 9.40. The Morgan fingerprint density at radius 1 is 1.56 bits per heavy atom. The van der Waals surface area contributed by atoms with Crippen LogP contribution in [0.2, 0.25) is 0 Å². The Morgan fingerprint density at radius 2 is 2.19 bits per heavy atom. The number of ketones is 1. The maximum atomic E-state index is 12.1. The summed E-state index contributed by atoms with van der Waals surface area (Å²) in [6.07, 6.45) is 2.43. The van der Waals surface area contributed by atoms with Crippen LogP contribution < -0.4 is 0 Å². The maximum absolute atomic E-state index is 12.1. The molecule has 0 bridgehead atoms. The van der Waals surface area contributed by atoms with Gasteiger partial charge in [0.05, 0.1) is 19.0 Å². The molecule has 0 aromatic carbocycles. The quantitative estimate of drug-likeness (QED) is 0.799. The van der Waals surface area contributed by atoms with E-state index >= 15 is 0 Å². The van der Waals surface area contributed by atoms with Gasteiger partial charge in [-0.25, -0.2) is 0 Å². The number of carbonyl (C=O) groups is 1. The lowest BCUT2D eigenvalue weighted by atomic mass is 9.79. The summed E-state index contributed by atoms with van der Waals surface area (Å²) in [5.74, 6) is 0.216. The fourth-order valence-electron chi connectivity index (χ4n) is 1.98. The summed E-state index contributed by atoms with van der Waals surface area (Å²) in [5.41, 5.74) is 0.655. The fourth-order valence-corrected chi connectivity index (χ4v) is 1.98. The summed E-state index contributed by atoms with van der Waals surface area (Å²) >= 11 is 0. The van der Waals surface area contributed by atoms with Gasteiger partial charge in [0, 0.05) is 23.3 Å². The van der Waals surface area contributed by atoms with E-state index in [2.05, 4.69) is 0 Å². The third-order valence-corrected chi connectivity index (χ3v) is 3.73. The van der Waals surface area contributed by atoms with Crippen molar-refractivity contribution in [1.29, 1.82) is 0 Å². The van der Waals surface area contributed by atoms with Crippen molar-refractivity contribution in [1.82, 2.24) is 0 Å². The van der Waals surface area contributed by atoms with Crippen molar-refractivity contribution in [2.75, 3.05) is 6.61 Å². The molecule has 1 aliphatic heterocycles. The summed E-state index contributed by atoms with van der Waals surface area (Å²) in [6, 6.07) is 0. The Balaban J connectivity index is 2.90. The van der Waals surface area contributed by atoms with E-state index in [0.29, 0.717) is 5.57 Å². The zero-order chi connectivity index (χ0) is 12.3. The lowest BCUT2D eigenvalue weighted by Gasteiger charge is -2.33. The molecule has 0 aromatic heterocycles. The number of Topliss-reactive ketones (excluding diaryl/α,β-unsaturated/α-hetero) is 1. The van der Waals surface area contributed by atoms with Crippen LogP contribution in [0.5, 0.6) is 0 Å². The number of aliphatic hydroxyl groups excluding tert-OH is 1. The number of carbonyl (C=O) groups excluding carboxylic acids is 1. The van der Waals surface area contributed by atoms with Crippen molar-refractivity contribution in [2.45, 2.75) is 40.2 Å². The van der Waals surface area contributed by atoms with Gasteiger partial charge in [-0.2, -0.15) is 0 Å². The highest BCUT2D eigenvalue weighted by Crippen LogP contribution is 2.32. The molecule has 92 valence electrons. The maximum Gasteiger partial charge on any atom is 0.165 e. The molecule has 0 aromatic rings. The molecule has 4 unspecified atom stereocenters. The molecule has 0 amide bonds. The molecule has 0 aliphatic carbocycles. The predicted octanol–water partition coefficient (Wildman–Crippen LogP) is 2.15. The highest BCUT2D eigenvalue weighted by molar-refractivity contribution is 5.97. The third-order valence-electron chi connectivity index (χ3n) is 3.73. The number of rotatable bonds is 4. The van der Waals surface area contributed by atoms with Crippen molar-refractivity contribution in [3.05, 3.63) is 11.8 Å². The number of aliphatic hydroxyl groups is 1. The molecule has 3 nitrogen and oxygen atoms in total. The van der Waals surface area contributed by atoms with Crippen LogP contribution >= 0.6 is 0 Å². The van der Waals surface area contributed by atoms with Gasteiger partial charge in [0.1, 0.15) is 0 Å². The topological polar surface area (TPSA) is 46.5 Å². The van der Waals surface area contributed by atoms with Crippen LogP contribution in [0.1, 0.15) is 34.1 Å². The highest BCUT2D eigenvalue weighted by Gasteiger charge is 2.34. The van der Waals surface area contributed by atoms with Crippen LogP contribution in [0.3, 0.4) is 0 Å². The molecule has 16 heavy (non-hydrogen) atoms. The Bertz CT molecular complexity index is 283. The monoisotopic (exact) mass is 226 g/mol. The van der Waals surface area contributed by atoms with Crippen molar-refractivity contribution in [3.8, 4) is 0 Å². The molecule has 0 saturated carbocycles. The van der Waals surface area contributed by atoms with Gasteiger partial charge < -0.3 is 9.84 Å². The molecule has 1 heterocycles. The second-order valence-electron chi connectivity index (χ2n) is 4.74. The second-order valence-corrected chi connectivity index (χ2v) is 4.74. The smallest absolute Gasteiger partial charge is 0.165 e. The first kappa shape index (κ1) is 13.2. The average Bonchev–Trinajstić information content (AvgIpc) is 2.30. The molecule has 0 fully saturated rings. The third kappa shape index (κ3) is 2.46. The molecule has 1 N–H and O–H groups in total. The molecule has 0 spiro atoms. The summed E-state index contributed by atoms with van der Waals surface area (Å²) in [7, 11) is 0. The molecule has 0 radical (unpaired) electrons. The molecule has 4 atom stereocenters. The van der Waals surface area contributed by atoms with Gasteiger partial charge in [-0.1, -0.05) is 20.8 Å². The van der Waals surface area contributed by atoms with Crippen molar-refractivity contribution in [2.24, 2.45) is 17.8 Å². The molecule has 3 heteroatoms. The van der Waals surface area contributed by atoms with E-state index in [1.807, 2.05) is 27.7 Å². The summed E-state index contributed by atoms with van der Waals surface area (Å²) < 4.78 is 5.46. The normalized spacial score (nSPS) is 31.6. The number of hydrogen-bond acceptors (Lipinski definition) is 3. The number of hydrogen-bond donors (Lipinski definition) is 1. The molecule has 0 saturated heterocycles. The zero-order valence-electron chi connectivity index (χ0n) is 10.6. The molecular formula is C13H22O3. The Kier molecular flexibility index (Phi) is 4.54. The lowest BCUT2D eigenvalue weighted by molar-refractivity contribution is -0.120. The van der Waals surface area contributed by atoms with Gasteiger partial charge >= 0.3 is 0 Å². The second kappa shape index (κ2) is 5.48. The standard InChI is InChI=1S/C13H22O3/c1-5-8(2)13(15)12-7-16-10(4)9(3)11(12)6-14/h7-11,14H,5-6H2,1-4H3. The largest absolute Gasteiger partial charge is 0.498 e. The Labute approximate surface area is 97.5 Å². The van der Waals surface area contributed by atoms with E-state index in [1.165, 1.54) is 0 Å². The minimum Gasteiger partial charge on any atom is -0.498 e. The van der Waals surface area contributed by atoms with Gasteiger partial charge in [0.2, 0.25) is 0 Å². The van der Waals surface area contributed by atoms with Gasteiger partial charge in [-0.05, 0) is 13.3 Å². The first-order chi connectivity index (χ1) is 7.52. The predicted molar refractivity (Wildman–Crippen MR) is 62.8 cm³/mol. The lowest BCUT2D eigenvalue weighted by Crippen LogP contribution is -2.36. The van der Waals surface area contributed by atoms with Crippen LogP contribution in [-0.2, 0) is 9.53 Å². The van der Waals surface area contributed by atoms with Gasteiger partial charge in [0.15, 0.2) is 5.78 Å². The first-order valence-electron chi connectivity index (χ1n) is 6.03. The van der Waals surface area contributed by atoms with E-state index < -0.39 is 0 Å². The van der Waals surface area contributed by atoms with E-state index in [9.17, 15) is 9.90 Å². The van der Waals surface area contributed by atoms with Gasteiger partial charge in [-0.15, -0.1) is 0 Å². The van der Waals surface area contributed by atoms with Gasteiger partial charge in [-0.3, -0.25) is 4.79 Å². The minimum atomic E-state index is -0.0785. The molecule has 1 rings (SSSR count). The minimum absolute atomic E-state index is 0.00417. The SMILES string of the molecule is CCC(C)C(=O)C1=COC(C)C(C)C1CO. The first-order valence-corrected chi connectivity index (χ1v) is 6.03. The van der Waals surface area contributed by atoms with Crippen LogP contribution in [0.15, 0.2) is 11.8 Å². The Morgan fingerprint density at radius 3 is 2.69 bits per heavy atom. The fraction of sp³-hybridized carbons (Fsp3) is 0.769. The summed E-state index contributed by atoms with van der Waals surface area (Å²) in [4.78, 5) is 12.1. The van der Waals surface area contributed by atoms with Crippen LogP contribution in [0, 0.1) is 17.8 Å². The number of ether oxygens (including phenoxy) is 1. The zero-order valence-corrected chi connectivity index (χ0v) is 10.6. The van der Waals surface area contributed by atoms with E-state index in [0.717, 1.165) is 6.42 Å².